The number of nitrogens with one attached hydrogen (secondary N) is 1. The van der Waals surface area contributed by atoms with Crippen LogP contribution in [0.3, 0.4) is 0 Å². The molecule has 1 aromatic rings. The van der Waals surface area contributed by atoms with Crippen LogP contribution >= 0.6 is 0 Å². The summed E-state index contributed by atoms with van der Waals surface area (Å²) in [6.45, 7) is 2.24. The van der Waals surface area contributed by atoms with Crippen LogP contribution < -0.4 is 5.32 Å². The smallest absolute Gasteiger partial charge is 0.323 e. The Morgan fingerprint density at radius 3 is 2.32 bits per heavy atom. The molecule has 0 aliphatic carbocycles. The van der Waals surface area contributed by atoms with Crippen LogP contribution in [0.5, 0.6) is 0 Å². The van der Waals surface area contributed by atoms with Crippen LogP contribution in [0.2, 0.25) is 0 Å². The first-order valence-electron chi connectivity index (χ1n) is 5.70. The quantitative estimate of drug-likeness (QED) is 0.647. The molecule has 6 nitrogen and oxygen atoms in total. The van der Waals surface area contributed by atoms with E-state index in [0.717, 1.165) is 5.56 Å². The van der Waals surface area contributed by atoms with E-state index in [9.17, 15) is 9.59 Å². The first-order valence-corrected chi connectivity index (χ1v) is 5.70. The van der Waals surface area contributed by atoms with Gasteiger partial charge in [-0.05, 0) is 19.5 Å². The number of carboxylic acids is 1. The SMILES string of the molecule is CNC(C(=O)O)C(C)O.O=COCc1ccccc1. The van der Waals surface area contributed by atoms with E-state index in [2.05, 4.69) is 10.1 Å². The van der Waals surface area contributed by atoms with Gasteiger partial charge in [0, 0.05) is 0 Å². The molecule has 0 bridgehead atoms. The zero-order valence-corrected chi connectivity index (χ0v) is 10.9. The van der Waals surface area contributed by atoms with E-state index in [4.69, 9.17) is 10.2 Å². The van der Waals surface area contributed by atoms with Crippen molar-refractivity contribution in [2.24, 2.45) is 0 Å². The van der Waals surface area contributed by atoms with Crippen LogP contribution in [0, 0.1) is 0 Å². The molecule has 0 amide bonds. The molecule has 0 spiro atoms. The van der Waals surface area contributed by atoms with Crippen LogP contribution in [-0.2, 0) is 20.9 Å². The van der Waals surface area contributed by atoms with Gasteiger partial charge in [0.15, 0.2) is 0 Å². The van der Waals surface area contributed by atoms with Gasteiger partial charge >= 0.3 is 5.97 Å². The Morgan fingerprint density at radius 2 is 2.00 bits per heavy atom. The number of likely N-dealkylation sites (N-methyl/N-ethyl adjacent to an activating group) is 1. The van der Waals surface area contributed by atoms with Crippen LogP contribution in [0.15, 0.2) is 30.3 Å². The van der Waals surface area contributed by atoms with Crippen LogP contribution in [0.25, 0.3) is 0 Å². The number of carboxylic acid groups (broad SMARTS) is 1. The molecule has 106 valence electrons. The van der Waals surface area contributed by atoms with Gasteiger partial charge in [-0.25, -0.2) is 0 Å². The normalized spacial score (nSPS) is 12.6. The Labute approximate surface area is 112 Å². The number of aliphatic carboxylic acids is 1. The Kier molecular flexibility index (Phi) is 9.03. The lowest BCUT2D eigenvalue weighted by atomic mass is 10.2. The number of aliphatic hydroxyl groups is 1. The number of benzene rings is 1. The zero-order chi connectivity index (χ0) is 14.7. The second-order valence-corrected chi connectivity index (χ2v) is 3.74. The molecule has 1 rings (SSSR count). The van der Waals surface area contributed by atoms with Gasteiger partial charge < -0.3 is 20.3 Å². The van der Waals surface area contributed by atoms with E-state index in [-0.39, 0.29) is 0 Å². The lowest BCUT2D eigenvalue weighted by molar-refractivity contribution is -0.142. The highest BCUT2D eigenvalue weighted by atomic mass is 16.5. The molecule has 2 unspecified atom stereocenters. The fraction of sp³-hybridized carbons (Fsp3) is 0.385. The van der Waals surface area contributed by atoms with Crippen molar-refractivity contribution in [2.75, 3.05) is 7.05 Å². The number of ether oxygens (including phenoxy) is 1. The van der Waals surface area contributed by atoms with Crippen molar-refractivity contribution in [1.82, 2.24) is 5.32 Å². The molecule has 2 atom stereocenters. The summed E-state index contributed by atoms with van der Waals surface area (Å²) in [6, 6.07) is 8.69. The summed E-state index contributed by atoms with van der Waals surface area (Å²) < 4.78 is 4.54. The van der Waals surface area contributed by atoms with E-state index >= 15 is 0 Å². The second-order valence-electron chi connectivity index (χ2n) is 3.74. The Morgan fingerprint density at radius 1 is 1.42 bits per heavy atom. The summed E-state index contributed by atoms with van der Waals surface area (Å²) in [5.74, 6) is -1.03. The summed E-state index contributed by atoms with van der Waals surface area (Å²) in [5.41, 5.74) is 1.01. The average Bonchev–Trinajstić information content (AvgIpc) is 2.38. The molecule has 0 saturated heterocycles. The lowest BCUT2D eigenvalue weighted by Crippen LogP contribution is -2.42. The first-order chi connectivity index (χ1) is 9.02. The topological polar surface area (TPSA) is 95.9 Å². The molecule has 0 aliphatic heterocycles. The minimum absolute atomic E-state index is 0.365. The minimum Gasteiger partial charge on any atom is -0.480 e. The molecule has 1 aromatic carbocycles. The van der Waals surface area contributed by atoms with Gasteiger partial charge in [0.1, 0.15) is 12.6 Å². The summed E-state index contributed by atoms with van der Waals surface area (Å²) in [7, 11) is 1.49. The largest absolute Gasteiger partial charge is 0.480 e. The maximum Gasteiger partial charge on any atom is 0.323 e. The summed E-state index contributed by atoms with van der Waals surface area (Å²) in [5, 5.41) is 19.5. The third-order valence-electron chi connectivity index (χ3n) is 2.22. The number of carbonyl (C=O) groups excluding carboxylic acids is 1. The third-order valence-corrected chi connectivity index (χ3v) is 2.22. The molecule has 0 heterocycles. The minimum atomic E-state index is -1.03. The number of rotatable bonds is 6. The molecule has 19 heavy (non-hydrogen) atoms. The molecule has 0 fully saturated rings. The Hall–Kier alpha value is -1.92. The zero-order valence-electron chi connectivity index (χ0n) is 10.9. The maximum absolute atomic E-state index is 10.1. The van der Waals surface area contributed by atoms with Crippen LogP contribution in [0.1, 0.15) is 12.5 Å². The highest BCUT2D eigenvalue weighted by molar-refractivity contribution is 5.74. The fourth-order valence-electron chi connectivity index (χ4n) is 1.28. The lowest BCUT2D eigenvalue weighted by Gasteiger charge is -2.12. The van der Waals surface area contributed by atoms with Crippen molar-refractivity contribution in [3.63, 3.8) is 0 Å². The summed E-state index contributed by atoms with van der Waals surface area (Å²) in [4.78, 5) is 19.9. The van der Waals surface area contributed by atoms with Crippen molar-refractivity contribution in [3.8, 4) is 0 Å². The second kappa shape index (κ2) is 10.0. The molecule has 0 aliphatic rings. The number of hydrogen-bond donors (Lipinski definition) is 3. The van der Waals surface area contributed by atoms with Crippen molar-refractivity contribution >= 4 is 12.4 Å². The summed E-state index contributed by atoms with van der Waals surface area (Å²) >= 11 is 0. The molecule has 0 aromatic heterocycles. The van der Waals surface area contributed by atoms with Gasteiger partial charge in [-0.1, -0.05) is 30.3 Å². The van der Waals surface area contributed by atoms with Gasteiger partial charge in [-0.3, -0.25) is 9.59 Å². The van der Waals surface area contributed by atoms with E-state index in [0.29, 0.717) is 13.1 Å². The van der Waals surface area contributed by atoms with Crippen molar-refractivity contribution in [1.29, 1.82) is 0 Å². The van der Waals surface area contributed by atoms with E-state index in [1.807, 2.05) is 30.3 Å². The molecule has 3 N–H and O–H groups in total. The number of aliphatic hydroxyl groups excluding tert-OH is 1. The Balaban J connectivity index is 0.000000344. The standard InChI is InChI=1S/C8H8O2.C5H11NO3/c9-7-10-6-8-4-2-1-3-5-8;1-3(7)4(6-2)5(8)9/h1-5,7H,6H2;3-4,6-7H,1-2H3,(H,8,9). The van der Waals surface area contributed by atoms with Crippen molar-refractivity contribution in [2.45, 2.75) is 25.7 Å². The average molecular weight is 269 g/mol. The van der Waals surface area contributed by atoms with Gasteiger partial charge in [-0.2, -0.15) is 0 Å². The molecular weight excluding hydrogens is 250 g/mol. The van der Waals surface area contributed by atoms with E-state index in [1.165, 1.54) is 14.0 Å². The van der Waals surface area contributed by atoms with Gasteiger partial charge in [0.2, 0.25) is 0 Å². The van der Waals surface area contributed by atoms with E-state index < -0.39 is 18.1 Å². The number of carbonyl (C=O) groups is 2. The third kappa shape index (κ3) is 7.91. The molecule has 0 radical (unpaired) electrons. The van der Waals surface area contributed by atoms with Crippen molar-refractivity contribution in [3.05, 3.63) is 35.9 Å². The van der Waals surface area contributed by atoms with Gasteiger partial charge in [0.05, 0.1) is 6.10 Å². The van der Waals surface area contributed by atoms with Crippen LogP contribution in [-0.4, -0.2) is 41.8 Å². The monoisotopic (exact) mass is 269 g/mol. The van der Waals surface area contributed by atoms with E-state index in [1.54, 1.807) is 0 Å². The highest BCUT2D eigenvalue weighted by Crippen LogP contribution is 1.98. The molecular formula is C13H19NO5. The van der Waals surface area contributed by atoms with Gasteiger partial charge in [0.25, 0.3) is 6.47 Å². The fourth-order valence-corrected chi connectivity index (χ4v) is 1.28. The highest BCUT2D eigenvalue weighted by Gasteiger charge is 2.19. The molecule has 6 heteroatoms. The predicted octanol–water partition coefficient (Wildman–Crippen LogP) is 0.399. The van der Waals surface area contributed by atoms with Crippen LogP contribution in [0.4, 0.5) is 0 Å². The molecule has 0 saturated carbocycles. The number of hydrogen-bond acceptors (Lipinski definition) is 5. The van der Waals surface area contributed by atoms with Crippen molar-refractivity contribution < 1.29 is 24.5 Å². The summed E-state index contributed by atoms with van der Waals surface area (Å²) in [6.07, 6.45) is -0.854. The Bertz CT molecular complexity index is 367. The first kappa shape index (κ1) is 17.1. The maximum atomic E-state index is 10.1. The van der Waals surface area contributed by atoms with Gasteiger partial charge in [-0.15, -0.1) is 0 Å². The predicted molar refractivity (Wildman–Crippen MR) is 69.5 cm³/mol.